The van der Waals surface area contributed by atoms with Crippen molar-refractivity contribution < 1.29 is 19.1 Å². The quantitative estimate of drug-likeness (QED) is 0.493. The van der Waals surface area contributed by atoms with Gasteiger partial charge in [-0.2, -0.15) is 4.73 Å². The molecule has 2 aromatic rings. The number of nitrogens with one attached hydrogen (secondary N) is 1. The lowest BCUT2D eigenvalue weighted by Gasteiger charge is -2.07. The number of carbonyl (C=O) groups is 2. The van der Waals surface area contributed by atoms with Crippen LogP contribution in [0.3, 0.4) is 0 Å². The van der Waals surface area contributed by atoms with Gasteiger partial charge in [-0.05, 0) is 30.2 Å². The predicted octanol–water partition coefficient (Wildman–Crippen LogP) is 1.49. The third-order valence-electron chi connectivity index (χ3n) is 3.02. The summed E-state index contributed by atoms with van der Waals surface area (Å²) in [5.41, 5.74) is 0.866. The number of benzene rings is 1. The Morgan fingerprint density at radius 2 is 1.91 bits per heavy atom. The highest BCUT2D eigenvalue weighted by atomic mass is 35.5. The number of rotatable bonds is 6. The van der Waals surface area contributed by atoms with Gasteiger partial charge >= 0.3 is 11.7 Å². The minimum atomic E-state index is -0.839. The van der Waals surface area contributed by atoms with Crippen LogP contribution < -0.4 is 10.0 Å². The molecule has 0 saturated heterocycles. The Bertz CT molecular complexity index is 689. The summed E-state index contributed by atoms with van der Waals surface area (Å²) in [4.78, 5) is 23.3. The first-order valence-corrected chi connectivity index (χ1v) is 7.30. The first-order chi connectivity index (χ1) is 11.1. The van der Waals surface area contributed by atoms with Crippen molar-refractivity contribution in [3.05, 3.63) is 70.1 Å². The van der Waals surface area contributed by atoms with E-state index in [1.165, 1.54) is 24.4 Å². The van der Waals surface area contributed by atoms with Crippen molar-refractivity contribution in [3.8, 4) is 0 Å². The monoisotopic (exact) mass is 334 g/mol. The van der Waals surface area contributed by atoms with Crippen LogP contribution in [0.2, 0.25) is 5.02 Å². The van der Waals surface area contributed by atoms with Crippen LogP contribution in [-0.4, -0.2) is 25.0 Å². The average Bonchev–Trinajstić information content (AvgIpc) is 2.55. The van der Waals surface area contributed by atoms with Gasteiger partial charge in [-0.15, -0.1) is 0 Å². The van der Waals surface area contributed by atoms with Gasteiger partial charge in [0.1, 0.15) is 0 Å². The number of hydrogen-bond donors (Lipinski definition) is 1. The molecule has 1 heterocycles. The predicted molar refractivity (Wildman–Crippen MR) is 83.9 cm³/mol. The summed E-state index contributed by atoms with van der Waals surface area (Å²) >= 11 is 5.79. The zero-order chi connectivity index (χ0) is 16.7. The highest BCUT2D eigenvalue weighted by Crippen LogP contribution is 2.09. The molecule has 0 spiro atoms. The number of hydrogen-bond acceptors (Lipinski definition) is 4. The summed E-state index contributed by atoms with van der Waals surface area (Å²) in [5, 5.41) is 14.7. The Balaban J connectivity index is 1.72. The normalized spacial score (nSPS) is 10.1. The van der Waals surface area contributed by atoms with Crippen LogP contribution in [0.4, 0.5) is 0 Å². The van der Waals surface area contributed by atoms with E-state index >= 15 is 0 Å². The Labute approximate surface area is 138 Å². The van der Waals surface area contributed by atoms with Gasteiger partial charge in [-0.1, -0.05) is 23.7 Å². The first-order valence-electron chi connectivity index (χ1n) is 6.93. The largest absolute Gasteiger partial charge is 0.618 e. The van der Waals surface area contributed by atoms with E-state index in [-0.39, 0.29) is 5.69 Å². The van der Waals surface area contributed by atoms with E-state index < -0.39 is 18.5 Å². The summed E-state index contributed by atoms with van der Waals surface area (Å²) in [5.74, 6) is -1.27. The number of pyridine rings is 1. The number of nitrogens with zero attached hydrogens (tertiary/aromatic N) is 1. The molecular weight excluding hydrogens is 320 g/mol. The van der Waals surface area contributed by atoms with E-state index in [4.69, 9.17) is 16.3 Å². The van der Waals surface area contributed by atoms with Gasteiger partial charge in [0.15, 0.2) is 12.8 Å². The Morgan fingerprint density at radius 3 is 2.61 bits per heavy atom. The maximum atomic E-state index is 11.7. The van der Waals surface area contributed by atoms with Crippen molar-refractivity contribution in [2.75, 3.05) is 13.2 Å². The molecule has 1 amide bonds. The van der Waals surface area contributed by atoms with Gasteiger partial charge in [-0.3, -0.25) is 4.79 Å². The Hall–Kier alpha value is -2.60. The van der Waals surface area contributed by atoms with Crippen molar-refractivity contribution in [1.29, 1.82) is 0 Å². The number of esters is 1. The zero-order valence-electron chi connectivity index (χ0n) is 12.2. The van der Waals surface area contributed by atoms with Gasteiger partial charge in [0, 0.05) is 23.7 Å². The molecular formula is C16H15ClN2O4. The molecule has 0 saturated carbocycles. The van der Waals surface area contributed by atoms with E-state index in [0.717, 1.165) is 5.56 Å². The molecule has 0 atom stereocenters. The van der Waals surface area contributed by atoms with E-state index in [0.29, 0.717) is 22.7 Å². The summed E-state index contributed by atoms with van der Waals surface area (Å²) in [6.45, 7) is -0.0285. The third-order valence-corrected chi connectivity index (χ3v) is 3.27. The molecule has 120 valence electrons. The fraction of sp³-hybridized carbons (Fsp3) is 0.188. The number of halogens is 1. The van der Waals surface area contributed by atoms with Crippen LogP contribution in [0.5, 0.6) is 0 Å². The van der Waals surface area contributed by atoms with Crippen molar-refractivity contribution in [3.63, 3.8) is 0 Å². The van der Waals surface area contributed by atoms with E-state index in [9.17, 15) is 14.8 Å². The second kappa shape index (κ2) is 8.14. The van der Waals surface area contributed by atoms with Gasteiger partial charge in [-0.25, -0.2) is 4.79 Å². The minimum Gasteiger partial charge on any atom is -0.618 e. The van der Waals surface area contributed by atoms with Crippen molar-refractivity contribution >= 4 is 23.5 Å². The molecule has 0 aliphatic carbocycles. The molecule has 7 heteroatoms. The number of ether oxygens (including phenoxy) is 1. The van der Waals surface area contributed by atoms with Crippen LogP contribution in [0, 0.1) is 5.21 Å². The number of carbonyl (C=O) groups excluding carboxylic acids is 2. The molecule has 1 N–H and O–H groups in total. The molecule has 0 bridgehead atoms. The highest BCUT2D eigenvalue weighted by Gasteiger charge is 2.17. The standard InChI is InChI=1S/C16H15ClN2O4/c17-13-6-4-12(5-7-13)8-9-18-15(20)11-23-16(21)14-3-1-2-10-19(14)22/h1-7,10H,8-9,11H2,(H,18,20). The number of aromatic nitrogens is 1. The van der Waals surface area contributed by atoms with Crippen LogP contribution in [0.25, 0.3) is 0 Å². The van der Waals surface area contributed by atoms with Crippen LogP contribution in [0.15, 0.2) is 48.7 Å². The van der Waals surface area contributed by atoms with Crippen molar-refractivity contribution in [2.45, 2.75) is 6.42 Å². The van der Waals surface area contributed by atoms with Crippen molar-refractivity contribution in [1.82, 2.24) is 5.32 Å². The Morgan fingerprint density at radius 1 is 1.17 bits per heavy atom. The van der Waals surface area contributed by atoms with Gasteiger partial charge in [0.25, 0.3) is 5.91 Å². The first kappa shape index (κ1) is 16.8. The van der Waals surface area contributed by atoms with Crippen LogP contribution in [0.1, 0.15) is 16.1 Å². The zero-order valence-corrected chi connectivity index (χ0v) is 13.0. The minimum absolute atomic E-state index is 0.165. The molecule has 0 radical (unpaired) electrons. The topological polar surface area (TPSA) is 82.3 Å². The smallest absolute Gasteiger partial charge is 0.405 e. The summed E-state index contributed by atoms with van der Waals surface area (Å²) < 4.78 is 5.19. The van der Waals surface area contributed by atoms with E-state index in [1.807, 2.05) is 12.1 Å². The highest BCUT2D eigenvalue weighted by molar-refractivity contribution is 6.30. The second-order valence-electron chi connectivity index (χ2n) is 4.71. The van der Waals surface area contributed by atoms with Gasteiger partial charge in [0.05, 0.1) is 0 Å². The van der Waals surface area contributed by atoms with E-state index in [1.54, 1.807) is 12.1 Å². The van der Waals surface area contributed by atoms with Gasteiger partial charge in [0.2, 0.25) is 0 Å². The molecule has 0 fully saturated rings. The Kier molecular flexibility index (Phi) is 5.94. The summed E-state index contributed by atoms with van der Waals surface area (Å²) in [6.07, 6.45) is 1.82. The SMILES string of the molecule is O=C(COC(=O)c1cccc[n+]1[O-])NCCc1ccc(Cl)cc1. The maximum absolute atomic E-state index is 11.7. The fourth-order valence-corrected chi connectivity index (χ4v) is 1.97. The summed E-state index contributed by atoms with van der Waals surface area (Å²) in [6, 6.07) is 11.7. The lowest BCUT2D eigenvalue weighted by atomic mass is 10.1. The van der Waals surface area contributed by atoms with Crippen LogP contribution in [-0.2, 0) is 16.0 Å². The van der Waals surface area contributed by atoms with Crippen molar-refractivity contribution in [2.24, 2.45) is 0 Å². The third kappa shape index (κ3) is 5.27. The molecule has 2 rings (SSSR count). The lowest BCUT2D eigenvalue weighted by molar-refractivity contribution is -0.608. The molecule has 0 aliphatic heterocycles. The molecule has 1 aromatic carbocycles. The average molecular weight is 335 g/mol. The summed E-state index contributed by atoms with van der Waals surface area (Å²) in [7, 11) is 0. The van der Waals surface area contributed by atoms with E-state index in [2.05, 4.69) is 5.32 Å². The van der Waals surface area contributed by atoms with Crippen LogP contribution >= 0.6 is 11.6 Å². The fourth-order valence-electron chi connectivity index (χ4n) is 1.84. The second-order valence-corrected chi connectivity index (χ2v) is 5.15. The number of amides is 1. The molecule has 0 unspecified atom stereocenters. The molecule has 6 nitrogen and oxygen atoms in total. The molecule has 0 aliphatic rings. The molecule has 1 aromatic heterocycles. The maximum Gasteiger partial charge on any atom is 0.405 e. The lowest BCUT2D eigenvalue weighted by Crippen LogP contribution is -2.36. The van der Waals surface area contributed by atoms with Gasteiger partial charge < -0.3 is 15.3 Å². The molecule has 23 heavy (non-hydrogen) atoms.